The maximum absolute atomic E-state index is 13.1. The highest BCUT2D eigenvalue weighted by Crippen LogP contribution is 2.37. The summed E-state index contributed by atoms with van der Waals surface area (Å²) in [5, 5.41) is 16.5. The van der Waals surface area contributed by atoms with Crippen molar-refractivity contribution in [1.82, 2.24) is 19.7 Å². The molecule has 4 aromatic rings. The van der Waals surface area contributed by atoms with Crippen LogP contribution in [0.1, 0.15) is 21.5 Å². The number of alkyl halides is 3. The Morgan fingerprint density at radius 2 is 1.85 bits per heavy atom. The number of likely N-dealkylation sites (tertiary alicyclic amines) is 1. The van der Waals surface area contributed by atoms with Crippen LogP contribution in [0.25, 0.3) is 21.8 Å². The van der Waals surface area contributed by atoms with E-state index in [9.17, 15) is 23.1 Å². The van der Waals surface area contributed by atoms with Gasteiger partial charge in [0.25, 0.3) is 5.91 Å². The summed E-state index contributed by atoms with van der Waals surface area (Å²) in [5.74, 6) is -0.115. The first-order chi connectivity index (χ1) is 15.5. The van der Waals surface area contributed by atoms with E-state index in [-0.39, 0.29) is 23.7 Å². The van der Waals surface area contributed by atoms with Crippen molar-refractivity contribution < 1.29 is 23.1 Å². The first kappa shape index (κ1) is 21.5. The average Bonchev–Trinajstić information content (AvgIpc) is 3.12. The number of amides is 1. The van der Waals surface area contributed by atoms with Crippen molar-refractivity contribution in [2.75, 3.05) is 18.8 Å². The maximum Gasteiger partial charge on any atom is 0.416 e. The molecule has 1 saturated heterocycles. The van der Waals surface area contributed by atoms with Crippen LogP contribution >= 0.6 is 11.6 Å². The Labute approximate surface area is 190 Å². The van der Waals surface area contributed by atoms with Gasteiger partial charge in [-0.05, 0) is 29.8 Å². The molecule has 2 aromatic heterocycles. The van der Waals surface area contributed by atoms with Crippen molar-refractivity contribution in [2.45, 2.75) is 11.8 Å². The summed E-state index contributed by atoms with van der Waals surface area (Å²) in [4.78, 5) is 18.9. The predicted molar refractivity (Wildman–Crippen MR) is 117 cm³/mol. The van der Waals surface area contributed by atoms with Crippen LogP contribution in [0.5, 0.6) is 0 Å². The zero-order chi connectivity index (χ0) is 23.7. The number of carbonyl (C=O) groups excluding carboxylic acids is 1. The van der Waals surface area contributed by atoms with Gasteiger partial charge in [0.15, 0.2) is 0 Å². The Kier molecular flexibility index (Phi) is 4.60. The summed E-state index contributed by atoms with van der Waals surface area (Å²) < 4.78 is 40.0. The third kappa shape index (κ3) is 3.37. The van der Waals surface area contributed by atoms with E-state index in [0.717, 1.165) is 12.1 Å². The number of hydrogen-bond acceptors (Lipinski definition) is 5. The van der Waals surface area contributed by atoms with E-state index in [1.165, 1.54) is 17.0 Å². The monoisotopic (exact) mass is 475 g/mol. The van der Waals surface area contributed by atoms with E-state index in [1.54, 1.807) is 30.1 Å². The molecule has 0 aliphatic carbocycles. The Morgan fingerprint density at radius 1 is 1.18 bits per heavy atom. The minimum Gasteiger partial charge on any atom is -0.383 e. The Balaban J connectivity index is 1.44. The molecule has 0 bridgehead atoms. The van der Waals surface area contributed by atoms with Crippen molar-refractivity contribution in [3.05, 3.63) is 64.3 Å². The molecule has 0 unspecified atom stereocenters. The largest absolute Gasteiger partial charge is 0.416 e. The number of fused-ring (bicyclic) bond motifs is 3. The first-order valence-corrected chi connectivity index (χ1v) is 10.3. The molecule has 33 heavy (non-hydrogen) atoms. The molecule has 0 saturated carbocycles. The van der Waals surface area contributed by atoms with Crippen LogP contribution in [0.2, 0.25) is 5.02 Å². The average molecular weight is 476 g/mol. The highest BCUT2D eigenvalue weighted by molar-refractivity contribution is 6.35. The summed E-state index contributed by atoms with van der Waals surface area (Å²) in [5.41, 5.74) is 5.50. The van der Waals surface area contributed by atoms with Crippen molar-refractivity contribution in [3.8, 4) is 0 Å². The number of nitrogen functional groups attached to an aromatic ring is 1. The molecule has 3 heterocycles. The molecule has 1 fully saturated rings. The van der Waals surface area contributed by atoms with E-state index in [2.05, 4.69) is 10.1 Å². The number of pyridine rings is 1. The molecule has 0 spiro atoms. The minimum atomic E-state index is -4.46. The van der Waals surface area contributed by atoms with Crippen molar-refractivity contribution in [1.29, 1.82) is 0 Å². The molecule has 0 atom stereocenters. The number of benzene rings is 2. The molecule has 3 N–H and O–H groups in total. The number of hydrogen-bond donors (Lipinski definition) is 2. The fourth-order valence-electron chi connectivity index (χ4n) is 4.19. The summed E-state index contributed by atoms with van der Waals surface area (Å²) in [6.07, 6.45) is -2.87. The van der Waals surface area contributed by atoms with Gasteiger partial charge in [0.05, 0.1) is 51.9 Å². The highest BCUT2D eigenvalue weighted by Gasteiger charge is 2.46. The third-order valence-electron chi connectivity index (χ3n) is 5.97. The Bertz CT molecular complexity index is 1430. The zero-order valence-electron chi connectivity index (χ0n) is 17.2. The van der Waals surface area contributed by atoms with Gasteiger partial charge in [0.1, 0.15) is 11.4 Å². The number of aromatic nitrogens is 3. The van der Waals surface area contributed by atoms with E-state index in [1.807, 2.05) is 0 Å². The van der Waals surface area contributed by atoms with Gasteiger partial charge in [-0.1, -0.05) is 23.7 Å². The zero-order valence-corrected chi connectivity index (χ0v) is 17.9. The lowest BCUT2D eigenvalue weighted by atomic mass is 9.85. The van der Waals surface area contributed by atoms with Crippen molar-refractivity contribution in [2.24, 2.45) is 7.05 Å². The van der Waals surface area contributed by atoms with Crippen LogP contribution in [0.3, 0.4) is 0 Å². The summed E-state index contributed by atoms with van der Waals surface area (Å²) >= 11 is 6.37. The fraction of sp³-hybridized carbons (Fsp3) is 0.227. The molecule has 170 valence electrons. The summed E-state index contributed by atoms with van der Waals surface area (Å²) in [6, 6.07) is 7.44. The van der Waals surface area contributed by atoms with Crippen LogP contribution in [0.4, 0.5) is 19.0 Å². The molecule has 7 nitrogen and oxygen atoms in total. The minimum absolute atomic E-state index is 0.0767. The second kappa shape index (κ2) is 7.06. The van der Waals surface area contributed by atoms with E-state index >= 15 is 0 Å². The smallest absolute Gasteiger partial charge is 0.383 e. The van der Waals surface area contributed by atoms with E-state index in [0.29, 0.717) is 33.2 Å². The number of aliphatic hydroxyl groups is 1. The molecule has 0 radical (unpaired) electrons. The van der Waals surface area contributed by atoms with Gasteiger partial charge in [-0.15, -0.1) is 0 Å². The van der Waals surface area contributed by atoms with Gasteiger partial charge in [0, 0.05) is 12.4 Å². The number of rotatable bonds is 2. The van der Waals surface area contributed by atoms with Crippen molar-refractivity contribution in [3.63, 3.8) is 0 Å². The number of β-amino-alcohol motifs (C(OH)–C–C–N with tert-alkyl or cyclic N) is 1. The summed E-state index contributed by atoms with van der Waals surface area (Å²) in [7, 11) is 1.75. The van der Waals surface area contributed by atoms with Crippen LogP contribution in [0, 0.1) is 0 Å². The number of nitrogens with two attached hydrogens (primary N) is 1. The van der Waals surface area contributed by atoms with Gasteiger partial charge in [-0.25, -0.2) is 4.98 Å². The second-order valence-electron chi connectivity index (χ2n) is 8.14. The topological polar surface area (TPSA) is 97.3 Å². The van der Waals surface area contributed by atoms with Gasteiger partial charge >= 0.3 is 6.18 Å². The number of nitrogens with zero attached hydrogens (tertiary/aromatic N) is 4. The SMILES string of the molecule is Cn1ncc2c(N)nc3cc(Cl)c(C(=O)N4CC(O)(c5ccc(C(F)(F)F)cc5)C4)cc3c21. The number of halogens is 4. The maximum atomic E-state index is 13.1. The van der Waals surface area contributed by atoms with Crippen LogP contribution in [-0.4, -0.2) is 43.8 Å². The highest BCUT2D eigenvalue weighted by atomic mass is 35.5. The summed E-state index contributed by atoms with van der Waals surface area (Å²) in [6.45, 7) is -0.153. The van der Waals surface area contributed by atoms with Gasteiger partial charge in [-0.3, -0.25) is 9.48 Å². The Hall–Kier alpha value is -3.37. The van der Waals surface area contributed by atoms with E-state index in [4.69, 9.17) is 17.3 Å². The standard InChI is InChI=1S/C22H17ClF3N5O2/c1-30-18-14-6-13(16(23)7-17(14)29-19(27)15(18)8-28-30)20(32)31-9-21(33,10-31)11-2-4-12(5-3-11)22(24,25)26/h2-8,33H,9-10H2,1H3,(H2,27,29). The van der Waals surface area contributed by atoms with Gasteiger partial charge < -0.3 is 15.7 Å². The quantitative estimate of drug-likeness (QED) is 0.460. The van der Waals surface area contributed by atoms with Crippen molar-refractivity contribution >= 4 is 45.1 Å². The fourth-order valence-corrected chi connectivity index (χ4v) is 4.43. The molecule has 1 aliphatic heterocycles. The molecule has 2 aromatic carbocycles. The van der Waals surface area contributed by atoms with E-state index < -0.39 is 23.2 Å². The Morgan fingerprint density at radius 3 is 2.48 bits per heavy atom. The predicted octanol–water partition coefficient (Wildman–Crippen LogP) is 3.72. The van der Waals surface area contributed by atoms with Crippen LogP contribution in [0.15, 0.2) is 42.6 Å². The lowest BCUT2D eigenvalue weighted by Crippen LogP contribution is -2.61. The number of anilines is 1. The second-order valence-corrected chi connectivity index (χ2v) is 8.55. The van der Waals surface area contributed by atoms with Gasteiger partial charge in [0.2, 0.25) is 0 Å². The lowest BCUT2D eigenvalue weighted by Gasteiger charge is -2.46. The van der Waals surface area contributed by atoms with Crippen LogP contribution < -0.4 is 5.73 Å². The normalized spacial score (nSPS) is 15.8. The molecule has 5 rings (SSSR count). The molecular formula is C22H17ClF3N5O2. The van der Waals surface area contributed by atoms with Gasteiger partial charge in [-0.2, -0.15) is 18.3 Å². The van der Waals surface area contributed by atoms with Crippen LogP contribution in [-0.2, 0) is 18.8 Å². The number of aryl methyl sites for hydroxylation is 1. The lowest BCUT2D eigenvalue weighted by molar-refractivity contribution is -0.137. The molecular weight excluding hydrogens is 459 g/mol. The third-order valence-corrected chi connectivity index (χ3v) is 6.28. The molecule has 11 heteroatoms. The molecule has 1 amide bonds. The first-order valence-electron chi connectivity index (χ1n) is 9.88. The molecule has 1 aliphatic rings. The number of carbonyl (C=O) groups is 1.